The van der Waals surface area contributed by atoms with Crippen molar-refractivity contribution >= 4 is 17.8 Å². The number of hydrogen-bond acceptors (Lipinski definition) is 5. The van der Waals surface area contributed by atoms with Gasteiger partial charge in [-0.2, -0.15) is 0 Å². The maximum Gasteiger partial charge on any atom is 0.251 e. The van der Waals surface area contributed by atoms with Crippen LogP contribution in [0.2, 0.25) is 0 Å². The monoisotopic (exact) mass is 405 g/mol. The zero-order valence-corrected chi connectivity index (χ0v) is 17.3. The van der Waals surface area contributed by atoms with Crippen molar-refractivity contribution in [2.45, 2.75) is 25.4 Å². The molecule has 0 bridgehead atoms. The maximum absolute atomic E-state index is 12.5. The molecule has 1 unspecified atom stereocenters. The quantitative estimate of drug-likeness (QED) is 0.536. The summed E-state index contributed by atoms with van der Waals surface area (Å²) < 4.78 is 10.9. The molecule has 3 heterocycles. The second-order valence-corrected chi connectivity index (χ2v) is 7.50. The standard InChI is InChI=1S/C20H31N5O4/c1-23(2)18(26)15-22-20(21-8-7-16-5-3-13-28-16)25-11-9-24(10-12-25)19(27)17-6-4-14-29-17/h3,5,13,17H,4,6-12,14-15H2,1-2H3,(H,21,22). The Kier molecular flexibility index (Phi) is 7.51. The second kappa shape index (κ2) is 10.3. The summed E-state index contributed by atoms with van der Waals surface area (Å²) in [6.45, 7) is 4.00. The van der Waals surface area contributed by atoms with E-state index in [1.54, 1.807) is 20.4 Å². The molecule has 0 saturated carbocycles. The average molecular weight is 405 g/mol. The number of nitrogens with zero attached hydrogens (tertiary/aromatic N) is 4. The number of furan rings is 1. The zero-order chi connectivity index (χ0) is 20.6. The molecule has 9 nitrogen and oxygen atoms in total. The van der Waals surface area contributed by atoms with E-state index in [2.05, 4.69) is 15.2 Å². The molecule has 2 fully saturated rings. The number of nitrogens with one attached hydrogen (secondary N) is 1. The third kappa shape index (κ3) is 5.96. The van der Waals surface area contributed by atoms with Crippen molar-refractivity contribution in [2.75, 3.05) is 60.0 Å². The van der Waals surface area contributed by atoms with Crippen molar-refractivity contribution in [1.82, 2.24) is 20.0 Å². The molecule has 29 heavy (non-hydrogen) atoms. The topological polar surface area (TPSA) is 90.6 Å². The molecular formula is C20H31N5O4. The zero-order valence-electron chi connectivity index (χ0n) is 17.3. The van der Waals surface area contributed by atoms with Gasteiger partial charge in [0.25, 0.3) is 5.91 Å². The molecule has 2 aliphatic heterocycles. The number of likely N-dealkylation sites (N-methyl/N-ethyl adjacent to an activating group) is 1. The molecular weight excluding hydrogens is 374 g/mol. The van der Waals surface area contributed by atoms with Gasteiger partial charge in [-0.25, -0.2) is 4.99 Å². The summed E-state index contributed by atoms with van der Waals surface area (Å²) in [5, 5.41) is 3.34. The van der Waals surface area contributed by atoms with E-state index in [4.69, 9.17) is 9.15 Å². The number of aliphatic imine (C=N–C) groups is 1. The van der Waals surface area contributed by atoms with Crippen LogP contribution < -0.4 is 5.32 Å². The van der Waals surface area contributed by atoms with Crippen LogP contribution in [0.5, 0.6) is 0 Å². The molecule has 2 saturated heterocycles. The van der Waals surface area contributed by atoms with E-state index >= 15 is 0 Å². The Morgan fingerprint density at radius 1 is 1.24 bits per heavy atom. The lowest BCUT2D eigenvalue weighted by Gasteiger charge is -2.37. The molecule has 1 N–H and O–H groups in total. The number of guanidine groups is 1. The molecule has 9 heteroatoms. The Bertz CT molecular complexity index is 690. The molecule has 2 amide bonds. The first kappa shape index (κ1) is 21.2. The maximum atomic E-state index is 12.5. The van der Waals surface area contributed by atoms with Crippen LogP contribution in [0.15, 0.2) is 27.8 Å². The smallest absolute Gasteiger partial charge is 0.251 e. The summed E-state index contributed by atoms with van der Waals surface area (Å²) in [6, 6.07) is 3.80. The van der Waals surface area contributed by atoms with Gasteiger partial charge < -0.3 is 29.2 Å². The number of hydrogen-bond donors (Lipinski definition) is 1. The second-order valence-electron chi connectivity index (χ2n) is 7.50. The number of carbonyl (C=O) groups is 2. The van der Waals surface area contributed by atoms with E-state index in [9.17, 15) is 9.59 Å². The molecule has 1 atom stereocenters. The molecule has 0 aromatic carbocycles. The van der Waals surface area contributed by atoms with E-state index < -0.39 is 0 Å². The molecule has 0 radical (unpaired) electrons. The average Bonchev–Trinajstić information content (AvgIpc) is 3.44. The van der Waals surface area contributed by atoms with Crippen molar-refractivity contribution in [3.63, 3.8) is 0 Å². The minimum Gasteiger partial charge on any atom is -0.469 e. The fourth-order valence-electron chi connectivity index (χ4n) is 3.42. The molecule has 1 aromatic rings. The highest BCUT2D eigenvalue weighted by molar-refractivity contribution is 5.85. The van der Waals surface area contributed by atoms with Crippen LogP contribution in [0.25, 0.3) is 0 Å². The van der Waals surface area contributed by atoms with Gasteiger partial charge in [-0.15, -0.1) is 0 Å². The van der Waals surface area contributed by atoms with Crippen LogP contribution in [0, 0.1) is 0 Å². The third-order valence-corrected chi connectivity index (χ3v) is 5.19. The Hall–Kier alpha value is -2.55. The highest BCUT2D eigenvalue weighted by atomic mass is 16.5. The Labute approximate surface area is 171 Å². The molecule has 0 spiro atoms. The number of piperazine rings is 1. The molecule has 3 rings (SSSR count). The predicted octanol–water partition coefficient (Wildman–Crippen LogP) is 0.179. The Morgan fingerprint density at radius 2 is 2.00 bits per heavy atom. The number of ether oxygens (including phenoxy) is 1. The van der Waals surface area contributed by atoms with Crippen LogP contribution >= 0.6 is 0 Å². The van der Waals surface area contributed by atoms with E-state index in [1.807, 2.05) is 17.0 Å². The van der Waals surface area contributed by atoms with Gasteiger partial charge in [0.15, 0.2) is 5.96 Å². The Balaban J connectivity index is 1.55. The summed E-state index contributed by atoms with van der Waals surface area (Å²) in [6.07, 6.45) is 3.87. The van der Waals surface area contributed by atoms with Crippen molar-refractivity contribution in [3.8, 4) is 0 Å². The van der Waals surface area contributed by atoms with Gasteiger partial charge in [-0.05, 0) is 25.0 Å². The molecule has 0 aliphatic carbocycles. The highest BCUT2D eigenvalue weighted by Crippen LogP contribution is 2.16. The van der Waals surface area contributed by atoms with Crippen LogP contribution in [-0.2, 0) is 20.7 Å². The summed E-state index contributed by atoms with van der Waals surface area (Å²) in [7, 11) is 3.44. The van der Waals surface area contributed by atoms with Crippen molar-refractivity contribution in [1.29, 1.82) is 0 Å². The fraction of sp³-hybridized carbons (Fsp3) is 0.650. The van der Waals surface area contributed by atoms with Gasteiger partial charge in [0.1, 0.15) is 18.4 Å². The van der Waals surface area contributed by atoms with Gasteiger partial charge in [0.05, 0.1) is 6.26 Å². The van der Waals surface area contributed by atoms with Gasteiger partial charge in [-0.3, -0.25) is 9.59 Å². The van der Waals surface area contributed by atoms with E-state index in [0.29, 0.717) is 45.3 Å². The van der Waals surface area contributed by atoms with Gasteiger partial charge in [-0.1, -0.05) is 0 Å². The van der Waals surface area contributed by atoms with Gasteiger partial charge in [0.2, 0.25) is 5.91 Å². The summed E-state index contributed by atoms with van der Waals surface area (Å²) >= 11 is 0. The minimum atomic E-state index is -0.279. The number of rotatable bonds is 6. The fourth-order valence-corrected chi connectivity index (χ4v) is 3.42. The van der Waals surface area contributed by atoms with E-state index in [0.717, 1.165) is 25.0 Å². The summed E-state index contributed by atoms with van der Waals surface area (Å²) in [4.78, 5) is 34.5. The molecule has 160 valence electrons. The van der Waals surface area contributed by atoms with Gasteiger partial charge in [0, 0.05) is 59.8 Å². The van der Waals surface area contributed by atoms with Crippen LogP contribution in [0.4, 0.5) is 0 Å². The lowest BCUT2D eigenvalue weighted by Crippen LogP contribution is -2.55. The largest absolute Gasteiger partial charge is 0.469 e. The number of carbonyl (C=O) groups excluding carboxylic acids is 2. The van der Waals surface area contributed by atoms with Crippen LogP contribution in [-0.4, -0.2) is 98.5 Å². The minimum absolute atomic E-state index is 0.0532. The number of amides is 2. The highest BCUT2D eigenvalue weighted by Gasteiger charge is 2.31. The predicted molar refractivity (Wildman–Crippen MR) is 109 cm³/mol. The first-order valence-electron chi connectivity index (χ1n) is 10.2. The SMILES string of the molecule is CN(C)C(=O)CN=C(NCCc1ccco1)N1CCN(C(=O)C2CCCO2)CC1. The van der Waals surface area contributed by atoms with Crippen LogP contribution in [0.3, 0.4) is 0 Å². The third-order valence-electron chi connectivity index (χ3n) is 5.19. The van der Waals surface area contributed by atoms with Crippen molar-refractivity contribution in [3.05, 3.63) is 24.2 Å². The normalized spacial score (nSPS) is 20.1. The van der Waals surface area contributed by atoms with Crippen molar-refractivity contribution in [2.24, 2.45) is 4.99 Å². The van der Waals surface area contributed by atoms with Crippen LogP contribution in [0.1, 0.15) is 18.6 Å². The summed E-state index contributed by atoms with van der Waals surface area (Å²) in [5.41, 5.74) is 0. The lowest BCUT2D eigenvalue weighted by molar-refractivity contribution is -0.142. The van der Waals surface area contributed by atoms with E-state index in [-0.39, 0.29) is 24.5 Å². The molecule has 2 aliphatic rings. The van der Waals surface area contributed by atoms with Crippen molar-refractivity contribution < 1.29 is 18.7 Å². The van der Waals surface area contributed by atoms with Gasteiger partial charge >= 0.3 is 0 Å². The lowest BCUT2D eigenvalue weighted by atomic mass is 10.2. The Morgan fingerprint density at radius 3 is 2.62 bits per heavy atom. The summed E-state index contributed by atoms with van der Waals surface area (Å²) in [5.74, 6) is 1.63. The first-order chi connectivity index (χ1) is 14.0. The van der Waals surface area contributed by atoms with E-state index in [1.165, 1.54) is 4.90 Å². The first-order valence-corrected chi connectivity index (χ1v) is 10.2. The molecule has 1 aromatic heterocycles.